The Morgan fingerprint density at radius 2 is 1.71 bits per heavy atom. The van der Waals surface area contributed by atoms with Crippen LogP contribution in [0.3, 0.4) is 0 Å². The van der Waals surface area contributed by atoms with E-state index in [2.05, 4.69) is 43.4 Å². The van der Waals surface area contributed by atoms with Gasteiger partial charge in [0.05, 0.1) is 6.04 Å². The van der Waals surface area contributed by atoms with Crippen molar-refractivity contribution in [3.8, 4) is 5.75 Å². The minimum atomic E-state index is 0.132. The highest BCUT2D eigenvalue weighted by Gasteiger charge is 2.12. The van der Waals surface area contributed by atoms with Crippen LogP contribution >= 0.6 is 0 Å². The summed E-state index contributed by atoms with van der Waals surface area (Å²) in [4.78, 5) is 0. The third-order valence-electron chi connectivity index (χ3n) is 3.83. The molecule has 21 heavy (non-hydrogen) atoms. The SMILES string of the molecule is CCCCc1ccc(NC(CC)c2ccccc2O)cc1. The lowest BCUT2D eigenvalue weighted by molar-refractivity contribution is 0.463. The van der Waals surface area contributed by atoms with E-state index in [0.717, 1.165) is 24.1 Å². The molecule has 0 heterocycles. The van der Waals surface area contributed by atoms with Crippen molar-refractivity contribution in [1.29, 1.82) is 0 Å². The Bertz CT molecular complexity index is 548. The lowest BCUT2D eigenvalue weighted by Crippen LogP contribution is -2.09. The summed E-state index contributed by atoms with van der Waals surface area (Å²) in [5, 5.41) is 13.5. The van der Waals surface area contributed by atoms with Gasteiger partial charge in [-0.2, -0.15) is 0 Å². The Morgan fingerprint density at radius 1 is 1.00 bits per heavy atom. The van der Waals surface area contributed by atoms with Crippen molar-refractivity contribution < 1.29 is 5.11 Å². The smallest absolute Gasteiger partial charge is 0.120 e. The number of hydrogen-bond acceptors (Lipinski definition) is 2. The first-order chi connectivity index (χ1) is 10.2. The molecule has 2 N–H and O–H groups in total. The molecule has 1 unspecified atom stereocenters. The van der Waals surface area contributed by atoms with E-state index >= 15 is 0 Å². The summed E-state index contributed by atoms with van der Waals surface area (Å²) in [5.41, 5.74) is 3.44. The van der Waals surface area contributed by atoms with E-state index < -0.39 is 0 Å². The molecule has 0 aliphatic carbocycles. The number of nitrogens with one attached hydrogen (secondary N) is 1. The van der Waals surface area contributed by atoms with Crippen LogP contribution in [0.15, 0.2) is 48.5 Å². The summed E-state index contributed by atoms with van der Waals surface area (Å²) in [6, 6.07) is 16.3. The fourth-order valence-corrected chi connectivity index (χ4v) is 2.53. The van der Waals surface area contributed by atoms with Crippen molar-refractivity contribution in [3.05, 3.63) is 59.7 Å². The van der Waals surface area contributed by atoms with Crippen LogP contribution in [0.5, 0.6) is 5.75 Å². The predicted octanol–water partition coefficient (Wildman–Crippen LogP) is 5.30. The van der Waals surface area contributed by atoms with Crippen LogP contribution in [0.4, 0.5) is 5.69 Å². The van der Waals surface area contributed by atoms with Gasteiger partial charge in [-0.1, -0.05) is 50.6 Å². The summed E-state index contributed by atoms with van der Waals surface area (Å²) in [7, 11) is 0. The largest absolute Gasteiger partial charge is 0.508 e. The van der Waals surface area contributed by atoms with Crippen LogP contribution in [-0.4, -0.2) is 5.11 Å². The van der Waals surface area contributed by atoms with Gasteiger partial charge in [-0.15, -0.1) is 0 Å². The Morgan fingerprint density at radius 3 is 2.33 bits per heavy atom. The number of aromatic hydroxyl groups is 1. The highest BCUT2D eigenvalue weighted by atomic mass is 16.3. The number of para-hydroxylation sites is 1. The molecule has 0 aliphatic heterocycles. The maximum atomic E-state index is 9.99. The lowest BCUT2D eigenvalue weighted by Gasteiger charge is -2.20. The van der Waals surface area contributed by atoms with Crippen molar-refractivity contribution in [2.75, 3.05) is 5.32 Å². The molecule has 2 rings (SSSR count). The van der Waals surface area contributed by atoms with Gasteiger partial charge < -0.3 is 10.4 Å². The molecule has 2 aromatic rings. The molecule has 0 saturated heterocycles. The number of rotatable bonds is 7. The van der Waals surface area contributed by atoms with Crippen LogP contribution in [-0.2, 0) is 6.42 Å². The molecular formula is C19H25NO. The Labute approximate surface area is 127 Å². The zero-order chi connectivity index (χ0) is 15.1. The first kappa shape index (κ1) is 15.4. The van der Waals surface area contributed by atoms with Crippen molar-refractivity contribution in [1.82, 2.24) is 0 Å². The molecule has 0 amide bonds. The Balaban J connectivity index is 2.07. The molecule has 0 aromatic heterocycles. The highest BCUT2D eigenvalue weighted by molar-refractivity contribution is 5.48. The van der Waals surface area contributed by atoms with Gasteiger partial charge in [0.2, 0.25) is 0 Å². The molecule has 0 radical (unpaired) electrons. The lowest BCUT2D eigenvalue weighted by atomic mass is 10.0. The van der Waals surface area contributed by atoms with Crippen LogP contribution in [0.1, 0.15) is 50.3 Å². The standard InChI is InChI=1S/C19H25NO/c1-3-5-8-15-11-13-16(14-12-15)20-18(4-2)17-9-6-7-10-19(17)21/h6-7,9-14,18,20-21H,3-5,8H2,1-2H3. The van der Waals surface area contributed by atoms with E-state index in [1.54, 1.807) is 6.07 Å². The van der Waals surface area contributed by atoms with Gasteiger partial charge >= 0.3 is 0 Å². The third kappa shape index (κ3) is 4.25. The molecule has 2 nitrogen and oxygen atoms in total. The van der Waals surface area contributed by atoms with Crippen molar-refractivity contribution >= 4 is 5.69 Å². The zero-order valence-corrected chi connectivity index (χ0v) is 13.0. The second-order valence-corrected chi connectivity index (χ2v) is 5.46. The minimum Gasteiger partial charge on any atom is -0.508 e. The predicted molar refractivity (Wildman–Crippen MR) is 89.8 cm³/mol. The maximum absolute atomic E-state index is 9.99. The van der Waals surface area contributed by atoms with E-state index in [-0.39, 0.29) is 6.04 Å². The van der Waals surface area contributed by atoms with E-state index in [4.69, 9.17) is 0 Å². The van der Waals surface area contributed by atoms with E-state index in [1.807, 2.05) is 18.2 Å². The van der Waals surface area contributed by atoms with Crippen LogP contribution in [0.25, 0.3) is 0 Å². The topological polar surface area (TPSA) is 32.3 Å². The number of benzene rings is 2. The number of unbranched alkanes of at least 4 members (excludes halogenated alkanes) is 1. The average Bonchev–Trinajstić information content (AvgIpc) is 2.52. The van der Waals surface area contributed by atoms with Crippen LogP contribution < -0.4 is 5.32 Å². The van der Waals surface area contributed by atoms with Crippen molar-refractivity contribution in [3.63, 3.8) is 0 Å². The molecule has 1 atom stereocenters. The van der Waals surface area contributed by atoms with Gasteiger partial charge in [0.1, 0.15) is 5.75 Å². The molecule has 112 valence electrons. The number of aryl methyl sites for hydroxylation is 1. The van der Waals surface area contributed by atoms with Crippen LogP contribution in [0.2, 0.25) is 0 Å². The second kappa shape index (κ2) is 7.72. The van der Waals surface area contributed by atoms with Crippen molar-refractivity contribution in [2.45, 2.75) is 45.6 Å². The number of hydrogen-bond donors (Lipinski definition) is 2. The minimum absolute atomic E-state index is 0.132. The number of phenolic OH excluding ortho intramolecular Hbond substituents is 1. The third-order valence-corrected chi connectivity index (χ3v) is 3.83. The average molecular weight is 283 g/mol. The molecule has 0 spiro atoms. The van der Waals surface area contributed by atoms with E-state index in [0.29, 0.717) is 5.75 Å². The summed E-state index contributed by atoms with van der Waals surface area (Å²) in [6.45, 7) is 4.34. The highest BCUT2D eigenvalue weighted by Crippen LogP contribution is 2.29. The van der Waals surface area contributed by atoms with Crippen LogP contribution in [0, 0.1) is 0 Å². The van der Waals surface area contributed by atoms with Gasteiger partial charge in [0.25, 0.3) is 0 Å². The molecule has 0 aliphatic rings. The fourth-order valence-electron chi connectivity index (χ4n) is 2.53. The van der Waals surface area contributed by atoms with Gasteiger partial charge in [0, 0.05) is 11.3 Å². The fraction of sp³-hybridized carbons (Fsp3) is 0.368. The van der Waals surface area contributed by atoms with E-state index in [9.17, 15) is 5.11 Å². The van der Waals surface area contributed by atoms with Gasteiger partial charge in [-0.25, -0.2) is 0 Å². The number of phenols is 1. The zero-order valence-electron chi connectivity index (χ0n) is 13.0. The van der Waals surface area contributed by atoms with Crippen molar-refractivity contribution in [2.24, 2.45) is 0 Å². The maximum Gasteiger partial charge on any atom is 0.120 e. The Kier molecular flexibility index (Phi) is 5.68. The van der Waals surface area contributed by atoms with Gasteiger partial charge in [-0.3, -0.25) is 0 Å². The molecule has 0 saturated carbocycles. The molecule has 2 heteroatoms. The van der Waals surface area contributed by atoms with Gasteiger partial charge in [0.15, 0.2) is 0 Å². The first-order valence-electron chi connectivity index (χ1n) is 7.88. The molecule has 0 fully saturated rings. The quantitative estimate of drug-likeness (QED) is 0.723. The summed E-state index contributed by atoms with van der Waals surface area (Å²) < 4.78 is 0. The molecule has 2 aromatic carbocycles. The monoisotopic (exact) mass is 283 g/mol. The number of anilines is 1. The second-order valence-electron chi connectivity index (χ2n) is 5.46. The summed E-state index contributed by atoms with van der Waals surface area (Å²) in [6.07, 6.45) is 4.54. The first-order valence-corrected chi connectivity index (χ1v) is 7.88. The van der Waals surface area contributed by atoms with Gasteiger partial charge in [-0.05, 0) is 43.0 Å². The summed E-state index contributed by atoms with van der Waals surface area (Å²) >= 11 is 0. The Hall–Kier alpha value is -1.96. The molecular weight excluding hydrogens is 258 g/mol. The normalized spacial score (nSPS) is 12.1. The molecule has 0 bridgehead atoms. The summed E-state index contributed by atoms with van der Waals surface area (Å²) in [5.74, 6) is 0.358. The van der Waals surface area contributed by atoms with E-state index in [1.165, 1.54) is 18.4 Å².